The summed E-state index contributed by atoms with van der Waals surface area (Å²) in [6.45, 7) is 5.81. The van der Waals surface area contributed by atoms with Crippen LogP contribution >= 0.6 is 0 Å². The predicted octanol–water partition coefficient (Wildman–Crippen LogP) is 0.846. The molecule has 1 saturated carbocycles. The quantitative estimate of drug-likeness (QED) is 0.709. The standard InChI is InChI=1S/C14H28N2O2/c1-11-5-7-16(9-14(11)18-2)8-6-13(10-17)15-12-3-4-12/h11-15,17H,3-10H2,1-2H3. The van der Waals surface area contributed by atoms with Gasteiger partial charge >= 0.3 is 0 Å². The molecule has 2 fully saturated rings. The van der Waals surface area contributed by atoms with Gasteiger partial charge in [0, 0.05) is 25.7 Å². The van der Waals surface area contributed by atoms with E-state index in [1.54, 1.807) is 0 Å². The van der Waals surface area contributed by atoms with Crippen LogP contribution in [0, 0.1) is 5.92 Å². The van der Waals surface area contributed by atoms with Crippen LogP contribution < -0.4 is 5.32 Å². The van der Waals surface area contributed by atoms with Gasteiger partial charge in [-0.15, -0.1) is 0 Å². The topological polar surface area (TPSA) is 44.7 Å². The molecule has 0 aromatic rings. The van der Waals surface area contributed by atoms with Crippen LogP contribution in [0.5, 0.6) is 0 Å². The summed E-state index contributed by atoms with van der Waals surface area (Å²) in [5, 5.41) is 12.9. The minimum absolute atomic E-state index is 0.258. The lowest BCUT2D eigenvalue weighted by Gasteiger charge is -2.36. The maximum atomic E-state index is 9.37. The van der Waals surface area contributed by atoms with Gasteiger partial charge in [-0.3, -0.25) is 0 Å². The van der Waals surface area contributed by atoms with Crippen molar-refractivity contribution in [1.29, 1.82) is 0 Å². The van der Waals surface area contributed by atoms with Gasteiger partial charge in [0.15, 0.2) is 0 Å². The number of nitrogens with one attached hydrogen (secondary N) is 1. The molecule has 0 spiro atoms. The van der Waals surface area contributed by atoms with Crippen molar-refractivity contribution in [2.45, 2.75) is 50.8 Å². The number of hydrogen-bond donors (Lipinski definition) is 2. The number of likely N-dealkylation sites (tertiary alicyclic amines) is 1. The number of methoxy groups -OCH3 is 1. The number of hydrogen-bond acceptors (Lipinski definition) is 4. The second-order valence-corrected chi connectivity index (χ2v) is 5.95. The molecule has 0 bridgehead atoms. The number of rotatable bonds is 7. The summed E-state index contributed by atoms with van der Waals surface area (Å²) in [6.07, 6.45) is 5.20. The Kier molecular flexibility index (Phi) is 5.42. The van der Waals surface area contributed by atoms with Gasteiger partial charge < -0.3 is 20.1 Å². The van der Waals surface area contributed by atoms with Crippen molar-refractivity contribution in [3.63, 3.8) is 0 Å². The summed E-state index contributed by atoms with van der Waals surface area (Å²) in [5.41, 5.74) is 0. The third-order valence-corrected chi connectivity index (χ3v) is 4.34. The summed E-state index contributed by atoms with van der Waals surface area (Å²) in [4.78, 5) is 2.48. The van der Waals surface area contributed by atoms with Crippen molar-refractivity contribution in [2.24, 2.45) is 5.92 Å². The fourth-order valence-electron chi connectivity index (χ4n) is 2.76. The van der Waals surface area contributed by atoms with Gasteiger partial charge in [-0.1, -0.05) is 6.92 Å². The van der Waals surface area contributed by atoms with Crippen LogP contribution in [-0.2, 0) is 4.74 Å². The summed E-state index contributed by atoms with van der Waals surface area (Å²) < 4.78 is 5.53. The van der Waals surface area contributed by atoms with E-state index in [1.807, 2.05) is 7.11 Å². The van der Waals surface area contributed by atoms with E-state index in [0.717, 1.165) is 19.5 Å². The molecule has 3 atom stereocenters. The highest BCUT2D eigenvalue weighted by Crippen LogP contribution is 2.21. The molecular formula is C14H28N2O2. The summed E-state index contributed by atoms with van der Waals surface area (Å²) in [7, 11) is 1.82. The van der Waals surface area contributed by atoms with Gasteiger partial charge in [0.1, 0.15) is 0 Å². The van der Waals surface area contributed by atoms with Crippen LogP contribution in [0.15, 0.2) is 0 Å². The zero-order valence-electron chi connectivity index (χ0n) is 11.8. The lowest BCUT2D eigenvalue weighted by molar-refractivity contribution is -0.00627. The molecule has 0 radical (unpaired) electrons. The zero-order valence-corrected chi connectivity index (χ0v) is 11.8. The minimum Gasteiger partial charge on any atom is -0.395 e. The second kappa shape index (κ2) is 6.85. The number of nitrogens with zero attached hydrogens (tertiary/aromatic N) is 1. The molecule has 4 heteroatoms. The Bertz CT molecular complexity index is 246. The van der Waals surface area contributed by atoms with Crippen LogP contribution in [0.4, 0.5) is 0 Å². The molecule has 18 heavy (non-hydrogen) atoms. The molecule has 2 N–H and O–H groups in total. The first kappa shape index (κ1) is 14.3. The van der Waals surface area contributed by atoms with E-state index in [1.165, 1.54) is 25.8 Å². The molecular weight excluding hydrogens is 228 g/mol. The first-order valence-corrected chi connectivity index (χ1v) is 7.35. The Morgan fingerprint density at radius 2 is 2.17 bits per heavy atom. The van der Waals surface area contributed by atoms with Crippen LogP contribution in [0.3, 0.4) is 0 Å². The van der Waals surface area contributed by atoms with Gasteiger partial charge in [0.25, 0.3) is 0 Å². The van der Waals surface area contributed by atoms with Crippen LogP contribution in [0.2, 0.25) is 0 Å². The maximum absolute atomic E-state index is 9.37. The Morgan fingerprint density at radius 3 is 2.78 bits per heavy atom. The minimum atomic E-state index is 0.258. The fourth-order valence-corrected chi connectivity index (χ4v) is 2.76. The van der Waals surface area contributed by atoms with E-state index in [0.29, 0.717) is 18.1 Å². The highest BCUT2D eigenvalue weighted by atomic mass is 16.5. The Hall–Kier alpha value is -0.160. The Labute approximate surface area is 111 Å². The normalized spacial score (nSPS) is 31.5. The van der Waals surface area contributed by atoms with Gasteiger partial charge in [0.05, 0.1) is 12.7 Å². The van der Waals surface area contributed by atoms with E-state index < -0.39 is 0 Å². The van der Waals surface area contributed by atoms with Crippen LogP contribution in [0.25, 0.3) is 0 Å². The number of aliphatic hydroxyl groups excluding tert-OH is 1. The first-order chi connectivity index (χ1) is 8.72. The van der Waals surface area contributed by atoms with E-state index >= 15 is 0 Å². The summed E-state index contributed by atoms with van der Waals surface area (Å²) in [5.74, 6) is 0.671. The maximum Gasteiger partial charge on any atom is 0.0724 e. The lowest BCUT2D eigenvalue weighted by Crippen LogP contribution is -2.46. The summed E-state index contributed by atoms with van der Waals surface area (Å²) in [6, 6.07) is 0.952. The zero-order chi connectivity index (χ0) is 13.0. The third kappa shape index (κ3) is 4.19. The second-order valence-electron chi connectivity index (χ2n) is 5.95. The molecule has 3 unspecified atom stereocenters. The van der Waals surface area contributed by atoms with Gasteiger partial charge in [0.2, 0.25) is 0 Å². The van der Waals surface area contributed by atoms with Crippen LogP contribution in [0.1, 0.15) is 32.6 Å². The fraction of sp³-hybridized carbons (Fsp3) is 1.00. The van der Waals surface area contributed by atoms with Crippen molar-refractivity contribution in [3.8, 4) is 0 Å². The van der Waals surface area contributed by atoms with Crippen molar-refractivity contribution < 1.29 is 9.84 Å². The molecule has 0 aromatic carbocycles. The molecule has 0 aromatic heterocycles. The van der Waals surface area contributed by atoms with Crippen molar-refractivity contribution in [1.82, 2.24) is 10.2 Å². The predicted molar refractivity (Wildman–Crippen MR) is 72.7 cm³/mol. The molecule has 1 aliphatic heterocycles. The van der Waals surface area contributed by atoms with E-state index in [4.69, 9.17) is 4.74 Å². The molecule has 2 aliphatic rings. The van der Waals surface area contributed by atoms with E-state index in [-0.39, 0.29) is 12.6 Å². The monoisotopic (exact) mass is 256 g/mol. The average molecular weight is 256 g/mol. The molecule has 106 valence electrons. The number of piperidine rings is 1. The molecule has 0 amide bonds. The lowest BCUT2D eigenvalue weighted by atomic mass is 9.95. The first-order valence-electron chi connectivity index (χ1n) is 7.35. The molecule has 1 saturated heterocycles. The smallest absolute Gasteiger partial charge is 0.0724 e. The number of aliphatic hydroxyl groups is 1. The molecule has 1 aliphatic carbocycles. The number of ether oxygens (including phenoxy) is 1. The largest absolute Gasteiger partial charge is 0.395 e. The highest BCUT2D eigenvalue weighted by molar-refractivity contribution is 4.86. The van der Waals surface area contributed by atoms with E-state index in [2.05, 4.69) is 17.1 Å². The molecule has 2 rings (SSSR count). The third-order valence-electron chi connectivity index (χ3n) is 4.34. The Morgan fingerprint density at radius 1 is 1.39 bits per heavy atom. The van der Waals surface area contributed by atoms with Crippen molar-refractivity contribution in [3.05, 3.63) is 0 Å². The van der Waals surface area contributed by atoms with Gasteiger partial charge in [-0.2, -0.15) is 0 Å². The summed E-state index contributed by atoms with van der Waals surface area (Å²) >= 11 is 0. The Balaban J connectivity index is 1.68. The van der Waals surface area contributed by atoms with Gasteiger partial charge in [-0.05, 0) is 44.7 Å². The van der Waals surface area contributed by atoms with E-state index in [9.17, 15) is 5.11 Å². The van der Waals surface area contributed by atoms with Crippen molar-refractivity contribution in [2.75, 3.05) is 33.4 Å². The van der Waals surface area contributed by atoms with Gasteiger partial charge in [-0.25, -0.2) is 0 Å². The van der Waals surface area contributed by atoms with Crippen molar-refractivity contribution >= 4 is 0 Å². The molecule has 1 heterocycles. The SMILES string of the molecule is COC1CN(CCC(CO)NC2CC2)CCC1C. The van der Waals surface area contributed by atoms with Crippen LogP contribution in [-0.4, -0.2) is 61.5 Å². The highest BCUT2D eigenvalue weighted by Gasteiger charge is 2.27. The molecule has 4 nitrogen and oxygen atoms in total. The average Bonchev–Trinajstić information content (AvgIpc) is 3.20.